The standard InChI is InChI=1S/C25H20O5/c1-14-8-10-16(11-9-14)21(26)24(2)20-19-17-7-5-4-6-15(17)12-13-18(19)30-23(28)25(20,24)22(27)29-3/h4-13,20H,1-3H3/t20-,24-,25+/m0/s1. The molecule has 3 aromatic rings. The van der Waals surface area contributed by atoms with E-state index >= 15 is 0 Å². The van der Waals surface area contributed by atoms with E-state index in [1.54, 1.807) is 25.1 Å². The molecule has 5 rings (SSSR count). The van der Waals surface area contributed by atoms with Crippen molar-refractivity contribution in [3.63, 3.8) is 0 Å². The lowest BCUT2D eigenvalue weighted by atomic mass is 9.86. The molecule has 0 aromatic heterocycles. The SMILES string of the molecule is COC(=O)[C@@]12C(=O)Oc3ccc4ccccc4c3[C@H]1[C@@]2(C)C(=O)c1ccc(C)cc1. The molecule has 0 saturated heterocycles. The fourth-order valence-corrected chi connectivity index (χ4v) is 5.19. The number of ether oxygens (including phenoxy) is 2. The van der Waals surface area contributed by atoms with Gasteiger partial charge in [0, 0.05) is 17.0 Å². The molecule has 3 aromatic carbocycles. The highest BCUT2D eigenvalue weighted by Crippen LogP contribution is 2.79. The maximum atomic E-state index is 13.7. The molecule has 5 nitrogen and oxygen atoms in total. The molecule has 1 fully saturated rings. The number of fused-ring (bicyclic) bond motifs is 5. The lowest BCUT2D eigenvalue weighted by Crippen LogP contribution is -2.39. The third kappa shape index (κ3) is 2.04. The lowest BCUT2D eigenvalue weighted by molar-refractivity contribution is -0.160. The zero-order valence-electron chi connectivity index (χ0n) is 16.9. The highest BCUT2D eigenvalue weighted by atomic mass is 16.6. The first-order valence-electron chi connectivity index (χ1n) is 9.81. The Morgan fingerprint density at radius 3 is 2.40 bits per heavy atom. The summed E-state index contributed by atoms with van der Waals surface area (Å²) in [5, 5.41) is 1.81. The third-order valence-corrected chi connectivity index (χ3v) is 6.78. The van der Waals surface area contributed by atoms with Gasteiger partial charge < -0.3 is 9.47 Å². The van der Waals surface area contributed by atoms with Crippen LogP contribution >= 0.6 is 0 Å². The molecular formula is C25H20O5. The van der Waals surface area contributed by atoms with Gasteiger partial charge in [0.05, 0.1) is 12.5 Å². The number of rotatable bonds is 3. The Morgan fingerprint density at radius 1 is 1.00 bits per heavy atom. The second-order valence-corrected chi connectivity index (χ2v) is 8.22. The maximum Gasteiger partial charge on any atom is 0.330 e. The predicted molar refractivity (Wildman–Crippen MR) is 110 cm³/mol. The van der Waals surface area contributed by atoms with Crippen LogP contribution in [0.4, 0.5) is 0 Å². The van der Waals surface area contributed by atoms with Crippen LogP contribution in [-0.2, 0) is 14.3 Å². The average molecular weight is 400 g/mol. The number of ketones is 1. The van der Waals surface area contributed by atoms with Crippen molar-refractivity contribution in [2.24, 2.45) is 10.8 Å². The molecule has 150 valence electrons. The summed E-state index contributed by atoms with van der Waals surface area (Å²) in [6.07, 6.45) is 0. The monoisotopic (exact) mass is 400 g/mol. The molecule has 0 N–H and O–H groups in total. The van der Waals surface area contributed by atoms with Crippen LogP contribution in [0.1, 0.15) is 34.3 Å². The van der Waals surface area contributed by atoms with Crippen LogP contribution in [0.2, 0.25) is 0 Å². The van der Waals surface area contributed by atoms with E-state index in [0.717, 1.165) is 16.3 Å². The zero-order valence-corrected chi connectivity index (χ0v) is 16.9. The van der Waals surface area contributed by atoms with Crippen LogP contribution in [0.25, 0.3) is 10.8 Å². The molecule has 1 saturated carbocycles. The van der Waals surface area contributed by atoms with Crippen LogP contribution < -0.4 is 4.74 Å². The Balaban J connectivity index is 1.78. The molecule has 0 amide bonds. The first-order valence-corrected chi connectivity index (χ1v) is 9.81. The van der Waals surface area contributed by atoms with Crippen molar-refractivity contribution in [3.8, 4) is 5.75 Å². The Kier molecular flexibility index (Phi) is 3.72. The van der Waals surface area contributed by atoms with E-state index in [1.807, 2.05) is 49.4 Å². The van der Waals surface area contributed by atoms with Crippen molar-refractivity contribution in [1.29, 1.82) is 0 Å². The summed E-state index contributed by atoms with van der Waals surface area (Å²) in [4.78, 5) is 39.9. The zero-order chi connectivity index (χ0) is 21.3. The van der Waals surface area contributed by atoms with Gasteiger partial charge in [0.15, 0.2) is 11.2 Å². The Morgan fingerprint density at radius 2 is 1.70 bits per heavy atom. The third-order valence-electron chi connectivity index (χ3n) is 6.78. The maximum absolute atomic E-state index is 13.7. The van der Waals surface area contributed by atoms with Gasteiger partial charge in [0.1, 0.15) is 5.75 Å². The van der Waals surface area contributed by atoms with Crippen LogP contribution in [0.5, 0.6) is 5.75 Å². The minimum Gasteiger partial charge on any atom is -0.468 e. The molecule has 1 aliphatic carbocycles. The summed E-state index contributed by atoms with van der Waals surface area (Å²) in [7, 11) is 1.23. The Labute approximate surface area is 173 Å². The number of Topliss-reactive ketones (excluding diaryl/α,β-unsaturated/α-hetero) is 1. The van der Waals surface area contributed by atoms with Crippen LogP contribution in [0.15, 0.2) is 60.7 Å². The minimum absolute atomic E-state index is 0.268. The van der Waals surface area contributed by atoms with Crippen molar-refractivity contribution < 1.29 is 23.9 Å². The number of benzene rings is 3. The van der Waals surface area contributed by atoms with Gasteiger partial charge in [-0.1, -0.05) is 60.2 Å². The summed E-state index contributed by atoms with van der Waals surface area (Å²) >= 11 is 0. The molecule has 30 heavy (non-hydrogen) atoms. The first-order chi connectivity index (χ1) is 14.4. The number of carbonyl (C=O) groups excluding carboxylic acids is 3. The van der Waals surface area contributed by atoms with Gasteiger partial charge in [0.2, 0.25) is 0 Å². The van der Waals surface area contributed by atoms with Crippen molar-refractivity contribution >= 4 is 28.5 Å². The number of hydrogen-bond donors (Lipinski definition) is 0. The number of aryl methyl sites for hydroxylation is 1. The Hall–Kier alpha value is -3.47. The topological polar surface area (TPSA) is 69.7 Å². The van der Waals surface area contributed by atoms with Gasteiger partial charge in [-0.15, -0.1) is 0 Å². The summed E-state index contributed by atoms with van der Waals surface area (Å²) in [5.74, 6) is -2.00. The molecule has 3 atom stereocenters. The van der Waals surface area contributed by atoms with Gasteiger partial charge in [-0.2, -0.15) is 0 Å². The quantitative estimate of drug-likeness (QED) is 0.285. The summed E-state index contributed by atoms with van der Waals surface area (Å²) in [5.41, 5.74) is -0.817. The van der Waals surface area contributed by atoms with E-state index in [-0.39, 0.29) is 5.78 Å². The molecule has 5 heteroatoms. The molecule has 2 aliphatic rings. The molecule has 0 unspecified atom stereocenters. The van der Waals surface area contributed by atoms with E-state index in [9.17, 15) is 14.4 Å². The van der Waals surface area contributed by atoms with Crippen LogP contribution in [0.3, 0.4) is 0 Å². The fourth-order valence-electron chi connectivity index (χ4n) is 5.19. The normalized spacial score (nSPS) is 26.4. The highest BCUT2D eigenvalue weighted by molar-refractivity contribution is 6.21. The minimum atomic E-state index is -1.69. The summed E-state index contributed by atoms with van der Waals surface area (Å²) in [6.45, 7) is 3.61. The second-order valence-electron chi connectivity index (χ2n) is 8.22. The largest absolute Gasteiger partial charge is 0.468 e. The molecule has 0 bridgehead atoms. The first kappa shape index (κ1) is 18.6. The van der Waals surface area contributed by atoms with Gasteiger partial charge in [-0.05, 0) is 30.7 Å². The molecule has 1 heterocycles. The second kappa shape index (κ2) is 6.02. The molecule has 0 radical (unpaired) electrons. The van der Waals surface area contributed by atoms with Gasteiger partial charge >= 0.3 is 11.9 Å². The molecule has 0 spiro atoms. The van der Waals surface area contributed by atoms with E-state index in [0.29, 0.717) is 16.9 Å². The fraction of sp³-hybridized carbons (Fsp3) is 0.240. The summed E-state index contributed by atoms with van der Waals surface area (Å²) < 4.78 is 10.7. The smallest absolute Gasteiger partial charge is 0.330 e. The highest BCUT2D eigenvalue weighted by Gasteiger charge is 2.89. The van der Waals surface area contributed by atoms with Crippen molar-refractivity contribution in [2.75, 3.05) is 7.11 Å². The number of carbonyl (C=O) groups is 3. The molecule has 1 aliphatic heterocycles. The molecular weight excluding hydrogens is 380 g/mol. The van der Waals surface area contributed by atoms with Gasteiger partial charge in [-0.3, -0.25) is 14.4 Å². The number of esters is 2. The van der Waals surface area contributed by atoms with E-state index in [1.165, 1.54) is 7.11 Å². The van der Waals surface area contributed by atoms with Crippen LogP contribution in [-0.4, -0.2) is 24.8 Å². The van der Waals surface area contributed by atoms with Crippen molar-refractivity contribution in [3.05, 3.63) is 77.4 Å². The Bertz CT molecular complexity index is 1240. The van der Waals surface area contributed by atoms with Crippen molar-refractivity contribution in [2.45, 2.75) is 19.8 Å². The summed E-state index contributed by atoms with van der Waals surface area (Å²) in [6, 6.07) is 18.4. The number of hydrogen-bond acceptors (Lipinski definition) is 5. The lowest BCUT2D eigenvalue weighted by Gasteiger charge is -2.22. The van der Waals surface area contributed by atoms with Crippen molar-refractivity contribution in [1.82, 2.24) is 0 Å². The number of methoxy groups -OCH3 is 1. The van der Waals surface area contributed by atoms with Gasteiger partial charge in [0.25, 0.3) is 0 Å². The predicted octanol–water partition coefficient (Wildman–Crippen LogP) is 4.21. The average Bonchev–Trinajstić information content (AvgIpc) is 3.35. The van der Waals surface area contributed by atoms with Crippen LogP contribution in [0, 0.1) is 17.8 Å². The van der Waals surface area contributed by atoms with Gasteiger partial charge in [-0.25, -0.2) is 0 Å². The van der Waals surface area contributed by atoms with E-state index < -0.39 is 28.7 Å². The van der Waals surface area contributed by atoms with E-state index in [4.69, 9.17) is 9.47 Å². The van der Waals surface area contributed by atoms with E-state index in [2.05, 4.69) is 0 Å².